The number of aromatic nitrogens is 7. The molecular formula is C19H14ClF3N8O. The van der Waals surface area contributed by atoms with Gasteiger partial charge >= 0.3 is 6.18 Å². The molecule has 9 nitrogen and oxygen atoms in total. The van der Waals surface area contributed by atoms with Gasteiger partial charge in [0.1, 0.15) is 6.33 Å². The Morgan fingerprint density at radius 1 is 1.16 bits per heavy atom. The standard InChI is InChI=1S/C19H14ClF3N8O/c1-11(16-26-10-27-31(16)18-24-4-2-5-25-18)28-17(32)12-7-13(20)9-14(8-12)30-6-3-15(29-30)19(21,22)23/h2-11H,1H3,(H,28,32). The number of hydrogen-bond donors (Lipinski definition) is 1. The van der Waals surface area contributed by atoms with Gasteiger partial charge < -0.3 is 5.32 Å². The first-order valence-corrected chi connectivity index (χ1v) is 9.52. The van der Waals surface area contributed by atoms with Crippen molar-refractivity contribution in [2.45, 2.75) is 19.1 Å². The Bertz CT molecular complexity index is 1250. The van der Waals surface area contributed by atoms with E-state index in [1.54, 1.807) is 25.4 Å². The van der Waals surface area contributed by atoms with E-state index < -0.39 is 23.8 Å². The monoisotopic (exact) mass is 462 g/mol. The van der Waals surface area contributed by atoms with Crippen LogP contribution in [0.2, 0.25) is 5.02 Å². The topological polar surface area (TPSA) is 103 Å². The van der Waals surface area contributed by atoms with Gasteiger partial charge in [-0.2, -0.15) is 28.1 Å². The maximum absolute atomic E-state index is 12.8. The van der Waals surface area contributed by atoms with Crippen LogP contribution >= 0.6 is 11.6 Å². The van der Waals surface area contributed by atoms with E-state index in [-0.39, 0.29) is 22.2 Å². The van der Waals surface area contributed by atoms with Gasteiger partial charge in [0.25, 0.3) is 11.9 Å². The minimum atomic E-state index is -4.59. The lowest BCUT2D eigenvalue weighted by molar-refractivity contribution is -0.141. The second-order valence-electron chi connectivity index (χ2n) is 6.62. The largest absolute Gasteiger partial charge is 0.435 e. The molecule has 0 aliphatic rings. The summed E-state index contributed by atoms with van der Waals surface area (Å²) in [5, 5.41) is 10.5. The highest BCUT2D eigenvalue weighted by Gasteiger charge is 2.33. The first-order valence-electron chi connectivity index (χ1n) is 9.14. The fraction of sp³-hybridized carbons (Fsp3) is 0.158. The molecular weight excluding hydrogens is 449 g/mol. The first-order chi connectivity index (χ1) is 15.2. The lowest BCUT2D eigenvalue weighted by atomic mass is 10.1. The predicted molar refractivity (Wildman–Crippen MR) is 106 cm³/mol. The Morgan fingerprint density at radius 3 is 2.59 bits per heavy atom. The van der Waals surface area contributed by atoms with Crippen LogP contribution in [0.1, 0.15) is 34.8 Å². The van der Waals surface area contributed by atoms with Crippen LogP contribution in [0.15, 0.2) is 55.2 Å². The van der Waals surface area contributed by atoms with Crippen molar-refractivity contribution >= 4 is 17.5 Å². The molecule has 4 rings (SSSR count). The van der Waals surface area contributed by atoms with E-state index in [1.807, 2.05) is 0 Å². The maximum atomic E-state index is 12.8. The second kappa shape index (κ2) is 8.38. The van der Waals surface area contributed by atoms with Crippen molar-refractivity contribution in [2.24, 2.45) is 0 Å². The second-order valence-corrected chi connectivity index (χ2v) is 7.05. The van der Waals surface area contributed by atoms with Crippen LogP contribution < -0.4 is 5.32 Å². The fourth-order valence-electron chi connectivity index (χ4n) is 2.90. The summed E-state index contributed by atoms with van der Waals surface area (Å²) in [5.74, 6) is 0.145. The molecule has 164 valence electrons. The molecule has 0 fully saturated rings. The number of nitrogens with one attached hydrogen (secondary N) is 1. The number of carbonyl (C=O) groups excluding carboxylic acids is 1. The highest BCUT2D eigenvalue weighted by atomic mass is 35.5. The van der Waals surface area contributed by atoms with Crippen molar-refractivity contribution in [3.05, 3.63) is 77.4 Å². The number of carbonyl (C=O) groups is 1. The van der Waals surface area contributed by atoms with Crippen LogP contribution in [-0.2, 0) is 6.18 Å². The third kappa shape index (κ3) is 4.44. The van der Waals surface area contributed by atoms with Crippen LogP contribution in [-0.4, -0.2) is 40.4 Å². The Labute approximate surface area is 183 Å². The maximum Gasteiger partial charge on any atom is 0.435 e. The zero-order valence-corrected chi connectivity index (χ0v) is 17.1. The highest BCUT2D eigenvalue weighted by molar-refractivity contribution is 6.31. The van der Waals surface area contributed by atoms with Gasteiger partial charge in [-0.25, -0.2) is 19.6 Å². The van der Waals surface area contributed by atoms with Crippen molar-refractivity contribution in [3.63, 3.8) is 0 Å². The summed E-state index contributed by atoms with van der Waals surface area (Å²) in [6.07, 6.45) is 0.953. The number of hydrogen-bond acceptors (Lipinski definition) is 6. The molecule has 3 heterocycles. The van der Waals surface area contributed by atoms with Gasteiger partial charge in [-0.15, -0.1) is 0 Å². The Balaban J connectivity index is 1.57. The fourth-order valence-corrected chi connectivity index (χ4v) is 3.13. The molecule has 4 aromatic rings. The summed E-state index contributed by atoms with van der Waals surface area (Å²) >= 11 is 6.10. The Kier molecular flexibility index (Phi) is 5.61. The molecule has 0 saturated heterocycles. The lowest BCUT2D eigenvalue weighted by Gasteiger charge is -2.14. The molecule has 0 radical (unpaired) electrons. The van der Waals surface area contributed by atoms with Gasteiger partial charge in [0.05, 0.1) is 11.7 Å². The Hall–Kier alpha value is -3.80. The molecule has 0 spiro atoms. The van der Waals surface area contributed by atoms with E-state index in [0.717, 1.165) is 16.9 Å². The average Bonchev–Trinajstić information content (AvgIpc) is 3.44. The average molecular weight is 463 g/mol. The van der Waals surface area contributed by atoms with Crippen LogP contribution in [0.4, 0.5) is 13.2 Å². The molecule has 0 bridgehead atoms. The zero-order valence-electron chi connectivity index (χ0n) is 16.3. The summed E-state index contributed by atoms with van der Waals surface area (Å²) in [4.78, 5) is 25.2. The molecule has 3 aromatic heterocycles. The summed E-state index contributed by atoms with van der Waals surface area (Å²) in [7, 11) is 0. The van der Waals surface area contributed by atoms with Gasteiger partial charge in [-0.3, -0.25) is 4.79 Å². The first kappa shape index (κ1) is 21.4. The predicted octanol–water partition coefficient (Wildman–Crippen LogP) is 3.41. The van der Waals surface area contributed by atoms with E-state index in [2.05, 4.69) is 30.5 Å². The number of halogens is 4. The third-order valence-corrected chi connectivity index (χ3v) is 4.56. The number of amides is 1. The van der Waals surface area contributed by atoms with Crippen molar-refractivity contribution in [3.8, 4) is 11.6 Å². The molecule has 0 aliphatic heterocycles. The third-order valence-electron chi connectivity index (χ3n) is 4.34. The van der Waals surface area contributed by atoms with Gasteiger partial charge in [-0.1, -0.05) is 11.6 Å². The van der Waals surface area contributed by atoms with Gasteiger partial charge in [-0.05, 0) is 37.3 Å². The normalized spacial score (nSPS) is 12.5. The van der Waals surface area contributed by atoms with Crippen LogP contribution in [0.3, 0.4) is 0 Å². The molecule has 1 unspecified atom stereocenters. The molecule has 0 saturated carbocycles. The van der Waals surface area contributed by atoms with Crippen molar-refractivity contribution in [1.29, 1.82) is 0 Å². The molecule has 32 heavy (non-hydrogen) atoms. The molecule has 1 amide bonds. The van der Waals surface area contributed by atoms with E-state index in [0.29, 0.717) is 5.82 Å². The minimum absolute atomic E-state index is 0.130. The van der Waals surface area contributed by atoms with Crippen molar-refractivity contribution in [1.82, 2.24) is 39.8 Å². The van der Waals surface area contributed by atoms with Crippen molar-refractivity contribution in [2.75, 3.05) is 0 Å². The van der Waals surface area contributed by atoms with E-state index in [1.165, 1.54) is 29.2 Å². The van der Waals surface area contributed by atoms with E-state index >= 15 is 0 Å². The molecule has 1 atom stereocenters. The van der Waals surface area contributed by atoms with Crippen LogP contribution in [0, 0.1) is 0 Å². The number of alkyl halides is 3. The minimum Gasteiger partial charge on any atom is -0.342 e. The zero-order chi connectivity index (χ0) is 22.9. The summed E-state index contributed by atoms with van der Waals surface area (Å²) in [5.41, 5.74) is -0.725. The molecule has 1 N–H and O–H groups in total. The Morgan fingerprint density at radius 2 is 1.91 bits per heavy atom. The SMILES string of the molecule is CC(NC(=O)c1cc(Cl)cc(-n2ccc(C(F)(F)F)n2)c1)c1ncnn1-c1ncccn1. The van der Waals surface area contributed by atoms with E-state index in [9.17, 15) is 18.0 Å². The summed E-state index contributed by atoms with van der Waals surface area (Å²) in [6.45, 7) is 1.69. The number of benzene rings is 1. The van der Waals surface area contributed by atoms with E-state index in [4.69, 9.17) is 11.6 Å². The van der Waals surface area contributed by atoms with Gasteiger partial charge in [0.2, 0.25) is 0 Å². The number of nitrogens with zero attached hydrogens (tertiary/aromatic N) is 7. The molecule has 13 heteroatoms. The summed E-state index contributed by atoms with van der Waals surface area (Å²) < 4.78 is 40.9. The van der Waals surface area contributed by atoms with Crippen LogP contribution in [0.5, 0.6) is 0 Å². The highest BCUT2D eigenvalue weighted by Crippen LogP contribution is 2.28. The van der Waals surface area contributed by atoms with Gasteiger partial charge in [0, 0.05) is 29.2 Å². The number of rotatable bonds is 5. The quantitative estimate of drug-likeness (QED) is 0.487. The molecule has 1 aromatic carbocycles. The van der Waals surface area contributed by atoms with Crippen molar-refractivity contribution < 1.29 is 18.0 Å². The molecule has 0 aliphatic carbocycles. The lowest BCUT2D eigenvalue weighted by Crippen LogP contribution is -2.29. The van der Waals surface area contributed by atoms with Gasteiger partial charge in [0.15, 0.2) is 11.5 Å². The van der Waals surface area contributed by atoms with Crippen LogP contribution in [0.25, 0.3) is 11.6 Å². The smallest absolute Gasteiger partial charge is 0.342 e. The summed E-state index contributed by atoms with van der Waals surface area (Å²) in [6, 6.07) is 6.06.